The van der Waals surface area contributed by atoms with Crippen LogP contribution in [0.25, 0.3) is 0 Å². The predicted molar refractivity (Wildman–Crippen MR) is 77.0 cm³/mol. The Balaban J connectivity index is 2.08. The van der Waals surface area contributed by atoms with Gasteiger partial charge in [0.1, 0.15) is 11.5 Å². The van der Waals surface area contributed by atoms with Crippen molar-refractivity contribution in [1.82, 2.24) is 5.32 Å². The summed E-state index contributed by atoms with van der Waals surface area (Å²) in [5.74, 6) is 0.223. The normalized spacial score (nSPS) is 12.6. The first kappa shape index (κ1) is 13.4. The summed E-state index contributed by atoms with van der Waals surface area (Å²) < 4.78 is 1.08. The number of benzene rings is 1. The fraction of sp³-hybridized carbons (Fsp3) is 0.231. The standard InChI is InChI=1S/C13H14BrNO2S/c1-8(13-10(16)3-2-4-11(13)17)15-7-12-9(14)5-6-18-12/h2-6,8,15-17H,7H2,1H3. The number of phenolic OH excluding ortho intramolecular Hbond substituents is 2. The molecule has 1 aromatic heterocycles. The number of thiophene rings is 1. The first-order chi connectivity index (χ1) is 8.59. The third kappa shape index (κ3) is 2.85. The Labute approximate surface area is 118 Å². The van der Waals surface area contributed by atoms with Crippen molar-refractivity contribution in [3.05, 3.63) is 44.6 Å². The molecule has 0 aliphatic rings. The van der Waals surface area contributed by atoms with Gasteiger partial charge in [-0.1, -0.05) is 6.07 Å². The molecular weight excluding hydrogens is 314 g/mol. The maximum atomic E-state index is 9.77. The molecule has 0 bridgehead atoms. The second-order valence-corrected chi connectivity index (χ2v) is 5.86. The lowest BCUT2D eigenvalue weighted by Crippen LogP contribution is -2.17. The van der Waals surface area contributed by atoms with E-state index in [9.17, 15) is 10.2 Å². The smallest absolute Gasteiger partial charge is 0.124 e. The number of rotatable bonds is 4. The van der Waals surface area contributed by atoms with E-state index >= 15 is 0 Å². The van der Waals surface area contributed by atoms with Crippen molar-refractivity contribution >= 4 is 27.3 Å². The Bertz CT molecular complexity index is 521. The Morgan fingerprint density at radius 2 is 1.94 bits per heavy atom. The van der Waals surface area contributed by atoms with Crippen molar-refractivity contribution in [3.8, 4) is 11.5 Å². The highest BCUT2D eigenvalue weighted by atomic mass is 79.9. The van der Waals surface area contributed by atoms with Gasteiger partial charge in [-0.25, -0.2) is 0 Å². The van der Waals surface area contributed by atoms with Gasteiger partial charge >= 0.3 is 0 Å². The monoisotopic (exact) mass is 327 g/mol. The SMILES string of the molecule is CC(NCc1sccc1Br)c1c(O)cccc1O. The molecule has 0 saturated carbocycles. The van der Waals surface area contributed by atoms with Crippen molar-refractivity contribution < 1.29 is 10.2 Å². The Hall–Kier alpha value is -1.04. The van der Waals surface area contributed by atoms with Crippen LogP contribution in [0.15, 0.2) is 34.1 Å². The van der Waals surface area contributed by atoms with Gasteiger partial charge in [0.2, 0.25) is 0 Å². The third-order valence-corrected chi connectivity index (χ3v) is 4.68. The van der Waals surface area contributed by atoms with Crippen LogP contribution in [0.4, 0.5) is 0 Å². The maximum Gasteiger partial charge on any atom is 0.124 e. The van der Waals surface area contributed by atoms with E-state index in [1.54, 1.807) is 29.5 Å². The van der Waals surface area contributed by atoms with Gasteiger partial charge < -0.3 is 15.5 Å². The Morgan fingerprint density at radius 3 is 2.50 bits per heavy atom. The van der Waals surface area contributed by atoms with E-state index in [0.29, 0.717) is 12.1 Å². The highest BCUT2D eigenvalue weighted by Gasteiger charge is 2.15. The van der Waals surface area contributed by atoms with Crippen LogP contribution in [-0.2, 0) is 6.54 Å². The minimum absolute atomic E-state index is 0.111. The van der Waals surface area contributed by atoms with Gasteiger partial charge in [0.15, 0.2) is 0 Å². The molecule has 0 amide bonds. The third-order valence-electron chi connectivity index (χ3n) is 2.75. The zero-order chi connectivity index (χ0) is 13.1. The average molecular weight is 328 g/mol. The van der Waals surface area contributed by atoms with Crippen LogP contribution in [0.5, 0.6) is 11.5 Å². The molecule has 1 atom stereocenters. The maximum absolute atomic E-state index is 9.77. The summed E-state index contributed by atoms with van der Waals surface area (Å²) in [5.41, 5.74) is 0.533. The van der Waals surface area contributed by atoms with Crippen molar-refractivity contribution in [2.24, 2.45) is 0 Å². The van der Waals surface area contributed by atoms with Crippen molar-refractivity contribution in [3.63, 3.8) is 0 Å². The molecule has 3 N–H and O–H groups in total. The van der Waals surface area contributed by atoms with Gasteiger partial charge in [-0.2, -0.15) is 0 Å². The highest BCUT2D eigenvalue weighted by molar-refractivity contribution is 9.10. The van der Waals surface area contributed by atoms with Gasteiger partial charge in [0.05, 0.1) is 5.56 Å². The van der Waals surface area contributed by atoms with E-state index in [2.05, 4.69) is 21.2 Å². The molecule has 3 nitrogen and oxygen atoms in total. The summed E-state index contributed by atoms with van der Waals surface area (Å²) in [6.07, 6.45) is 0. The fourth-order valence-electron chi connectivity index (χ4n) is 1.78. The molecule has 2 rings (SSSR count). The van der Waals surface area contributed by atoms with Crippen LogP contribution in [0.3, 0.4) is 0 Å². The topological polar surface area (TPSA) is 52.5 Å². The van der Waals surface area contributed by atoms with Gasteiger partial charge in [-0.15, -0.1) is 11.3 Å². The van der Waals surface area contributed by atoms with E-state index in [4.69, 9.17) is 0 Å². The zero-order valence-electron chi connectivity index (χ0n) is 9.85. The van der Waals surface area contributed by atoms with Gasteiger partial charge in [-0.05, 0) is 46.4 Å². The number of hydrogen-bond donors (Lipinski definition) is 3. The van der Waals surface area contributed by atoms with Crippen LogP contribution in [0, 0.1) is 0 Å². The molecule has 0 fully saturated rings. The summed E-state index contributed by atoms with van der Waals surface area (Å²) in [5, 5.41) is 24.8. The van der Waals surface area contributed by atoms with Crippen LogP contribution in [0.1, 0.15) is 23.4 Å². The molecule has 1 unspecified atom stereocenters. The molecule has 96 valence electrons. The highest BCUT2D eigenvalue weighted by Crippen LogP contribution is 2.32. The average Bonchev–Trinajstić information content (AvgIpc) is 2.72. The molecule has 0 aliphatic carbocycles. The lowest BCUT2D eigenvalue weighted by molar-refractivity contribution is 0.418. The first-order valence-corrected chi connectivity index (χ1v) is 7.23. The van der Waals surface area contributed by atoms with Crippen molar-refractivity contribution in [2.45, 2.75) is 19.5 Å². The molecule has 0 spiro atoms. The van der Waals surface area contributed by atoms with Crippen LogP contribution < -0.4 is 5.32 Å². The number of phenols is 2. The Kier molecular flexibility index (Phi) is 4.27. The molecule has 2 aromatic rings. The van der Waals surface area contributed by atoms with E-state index in [1.807, 2.05) is 18.4 Å². The number of nitrogens with one attached hydrogen (secondary N) is 1. The summed E-state index contributed by atoms with van der Waals surface area (Å²) in [6, 6.07) is 6.66. The molecule has 1 aromatic carbocycles. The predicted octanol–water partition coefficient (Wildman–Crippen LogP) is 3.77. The van der Waals surface area contributed by atoms with Crippen LogP contribution in [0.2, 0.25) is 0 Å². The second-order valence-electron chi connectivity index (χ2n) is 4.00. The first-order valence-electron chi connectivity index (χ1n) is 5.55. The molecule has 0 radical (unpaired) electrons. The molecule has 1 heterocycles. The van der Waals surface area contributed by atoms with Crippen molar-refractivity contribution in [1.29, 1.82) is 0 Å². The lowest BCUT2D eigenvalue weighted by atomic mass is 10.1. The van der Waals surface area contributed by atoms with Crippen molar-refractivity contribution in [2.75, 3.05) is 0 Å². The summed E-state index contributed by atoms with van der Waals surface area (Å²) >= 11 is 5.13. The van der Waals surface area contributed by atoms with E-state index in [0.717, 1.165) is 4.47 Å². The zero-order valence-corrected chi connectivity index (χ0v) is 12.3. The van der Waals surface area contributed by atoms with E-state index in [-0.39, 0.29) is 17.5 Å². The lowest BCUT2D eigenvalue weighted by Gasteiger charge is -2.16. The van der Waals surface area contributed by atoms with Gasteiger partial charge in [0.25, 0.3) is 0 Å². The number of halogens is 1. The quantitative estimate of drug-likeness (QED) is 0.801. The molecule has 18 heavy (non-hydrogen) atoms. The second kappa shape index (κ2) is 5.73. The number of hydrogen-bond acceptors (Lipinski definition) is 4. The fourth-order valence-corrected chi connectivity index (χ4v) is 3.23. The van der Waals surface area contributed by atoms with Gasteiger partial charge in [-0.3, -0.25) is 0 Å². The Morgan fingerprint density at radius 1 is 1.28 bits per heavy atom. The summed E-state index contributed by atoms with van der Waals surface area (Å²) in [6.45, 7) is 2.60. The summed E-state index contributed by atoms with van der Waals surface area (Å²) in [7, 11) is 0. The minimum Gasteiger partial charge on any atom is -0.507 e. The molecule has 5 heteroatoms. The summed E-state index contributed by atoms with van der Waals surface area (Å²) in [4.78, 5) is 1.19. The molecule has 0 saturated heterocycles. The largest absolute Gasteiger partial charge is 0.507 e. The minimum atomic E-state index is -0.125. The number of aromatic hydroxyl groups is 2. The van der Waals surface area contributed by atoms with Crippen LogP contribution in [-0.4, -0.2) is 10.2 Å². The van der Waals surface area contributed by atoms with Crippen LogP contribution >= 0.6 is 27.3 Å². The van der Waals surface area contributed by atoms with Gasteiger partial charge in [0, 0.05) is 21.9 Å². The molecular formula is C13H14BrNO2S. The van der Waals surface area contributed by atoms with E-state index < -0.39 is 0 Å². The van der Waals surface area contributed by atoms with E-state index in [1.165, 1.54) is 4.88 Å². The molecule has 0 aliphatic heterocycles.